The van der Waals surface area contributed by atoms with Crippen LogP contribution >= 0.6 is 15.9 Å². The lowest BCUT2D eigenvalue weighted by Crippen LogP contribution is -2.55. The summed E-state index contributed by atoms with van der Waals surface area (Å²) in [6.07, 6.45) is 4.30. The molecule has 2 aliphatic rings. The van der Waals surface area contributed by atoms with E-state index in [1.165, 1.54) is 52.0 Å². The van der Waals surface area contributed by atoms with Crippen molar-refractivity contribution in [2.75, 3.05) is 38.1 Å². The summed E-state index contributed by atoms with van der Waals surface area (Å²) in [5, 5.41) is 1.15. The number of hydrogen-bond donors (Lipinski definition) is 0. The van der Waals surface area contributed by atoms with Crippen molar-refractivity contribution >= 4 is 15.9 Å². The minimum absolute atomic E-state index is 0.791. The molecule has 0 saturated carbocycles. The number of alkyl halides is 1. The summed E-state index contributed by atoms with van der Waals surface area (Å²) in [4.78, 5) is 5.43. The second-order valence-electron chi connectivity index (χ2n) is 6.10. The number of halogens is 1. The summed E-state index contributed by atoms with van der Waals surface area (Å²) >= 11 is 3.68. The van der Waals surface area contributed by atoms with Crippen LogP contribution in [-0.4, -0.2) is 53.9 Å². The van der Waals surface area contributed by atoms with E-state index in [-0.39, 0.29) is 0 Å². The maximum absolute atomic E-state index is 3.68. The molecule has 3 heteroatoms. The van der Waals surface area contributed by atoms with E-state index in [2.05, 4.69) is 39.6 Å². The third-order valence-electron chi connectivity index (χ3n) is 4.56. The molecular weight excluding hydrogens is 276 g/mol. The van der Waals surface area contributed by atoms with Gasteiger partial charge >= 0.3 is 0 Å². The predicted octanol–water partition coefficient (Wildman–Crippen LogP) is 2.82. The highest BCUT2D eigenvalue weighted by Gasteiger charge is 2.29. The summed E-state index contributed by atoms with van der Waals surface area (Å²) in [5.41, 5.74) is 0. The van der Waals surface area contributed by atoms with E-state index >= 15 is 0 Å². The Morgan fingerprint density at radius 1 is 1.18 bits per heavy atom. The Hall–Kier alpha value is 0.400. The maximum atomic E-state index is 3.68. The number of nitrogens with zero attached hydrogens (tertiary/aromatic N) is 2. The van der Waals surface area contributed by atoms with E-state index < -0.39 is 0 Å². The molecule has 0 aromatic heterocycles. The van der Waals surface area contributed by atoms with Crippen LogP contribution in [-0.2, 0) is 0 Å². The zero-order chi connectivity index (χ0) is 12.3. The Kier molecular flexibility index (Phi) is 5.31. The molecule has 0 bridgehead atoms. The van der Waals surface area contributed by atoms with Gasteiger partial charge in [0.05, 0.1) is 0 Å². The van der Waals surface area contributed by atoms with Gasteiger partial charge in [-0.3, -0.25) is 4.90 Å². The van der Waals surface area contributed by atoms with Gasteiger partial charge < -0.3 is 4.90 Å². The SMILES string of the molecule is CC(C)C(CBr)CN1CCN2CCCCC2C1. The van der Waals surface area contributed by atoms with Crippen LogP contribution < -0.4 is 0 Å². The zero-order valence-corrected chi connectivity index (χ0v) is 13.0. The van der Waals surface area contributed by atoms with Gasteiger partial charge in [0, 0.05) is 37.6 Å². The predicted molar refractivity (Wildman–Crippen MR) is 77.8 cm³/mol. The Bertz CT molecular complexity index is 232. The van der Waals surface area contributed by atoms with Crippen LogP contribution in [0.1, 0.15) is 33.1 Å². The minimum Gasteiger partial charge on any atom is -0.300 e. The molecule has 100 valence electrons. The average Bonchev–Trinajstić information content (AvgIpc) is 2.35. The van der Waals surface area contributed by atoms with Crippen LogP contribution in [0.5, 0.6) is 0 Å². The number of piperazine rings is 1. The average molecular weight is 303 g/mol. The zero-order valence-electron chi connectivity index (χ0n) is 11.4. The van der Waals surface area contributed by atoms with Crippen molar-refractivity contribution in [1.82, 2.24) is 9.80 Å². The fourth-order valence-corrected chi connectivity index (χ4v) is 4.11. The molecule has 2 fully saturated rings. The fraction of sp³-hybridized carbons (Fsp3) is 1.00. The molecule has 2 heterocycles. The Balaban J connectivity index is 1.82. The molecular formula is C14H27BrN2. The molecule has 0 spiro atoms. The molecule has 0 aliphatic carbocycles. The number of fused-ring (bicyclic) bond motifs is 1. The lowest BCUT2D eigenvalue weighted by molar-refractivity contribution is 0.0401. The summed E-state index contributed by atoms with van der Waals surface area (Å²) in [7, 11) is 0. The largest absolute Gasteiger partial charge is 0.300 e. The summed E-state index contributed by atoms with van der Waals surface area (Å²) in [6, 6.07) is 0.862. The van der Waals surface area contributed by atoms with Crippen LogP contribution in [0.15, 0.2) is 0 Å². The molecule has 2 atom stereocenters. The van der Waals surface area contributed by atoms with Crippen LogP contribution in [0.2, 0.25) is 0 Å². The third kappa shape index (κ3) is 3.68. The number of hydrogen-bond acceptors (Lipinski definition) is 2. The van der Waals surface area contributed by atoms with Gasteiger partial charge in [0.1, 0.15) is 0 Å². The first-order chi connectivity index (χ1) is 8.20. The van der Waals surface area contributed by atoms with Gasteiger partial charge in [-0.25, -0.2) is 0 Å². The molecule has 0 N–H and O–H groups in total. The lowest BCUT2D eigenvalue weighted by atomic mass is 9.95. The van der Waals surface area contributed by atoms with Gasteiger partial charge in [-0.2, -0.15) is 0 Å². The number of rotatable bonds is 4. The van der Waals surface area contributed by atoms with Gasteiger partial charge in [0.25, 0.3) is 0 Å². The van der Waals surface area contributed by atoms with Crippen molar-refractivity contribution in [3.05, 3.63) is 0 Å². The quantitative estimate of drug-likeness (QED) is 0.737. The lowest BCUT2D eigenvalue weighted by Gasteiger charge is -2.45. The molecule has 2 aliphatic heterocycles. The van der Waals surface area contributed by atoms with E-state index in [0.29, 0.717) is 0 Å². The van der Waals surface area contributed by atoms with Crippen molar-refractivity contribution in [2.24, 2.45) is 11.8 Å². The van der Waals surface area contributed by atoms with Crippen molar-refractivity contribution in [2.45, 2.75) is 39.2 Å². The molecule has 2 saturated heterocycles. The first-order valence-corrected chi connectivity index (χ1v) is 8.35. The highest BCUT2D eigenvalue weighted by atomic mass is 79.9. The second-order valence-corrected chi connectivity index (χ2v) is 6.75. The first kappa shape index (κ1) is 13.8. The minimum atomic E-state index is 0.791. The monoisotopic (exact) mass is 302 g/mol. The standard InChI is InChI=1S/C14H27BrN2/c1-12(2)13(9-15)10-16-7-8-17-6-4-3-5-14(17)11-16/h12-14H,3-11H2,1-2H3. The van der Waals surface area contributed by atoms with E-state index in [9.17, 15) is 0 Å². The molecule has 0 amide bonds. The van der Waals surface area contributed by atoms with Gasteiger partial charge in [-0.1, -0.05) is 36.2 Å². The molecule has 17 heavy (non-hydrogen) atoms. The molecule has 0 aromatic rings. The fourth-order valence-electron chi connectivity index (χ4n) is 3.16. The summed E-state index contributed by atoms with van der Waals surface area (Å²) in [5.74, 6) is 1.60. The van der Waals surface area contributed by atoms with Crippen LogP contribution in [0.25, 0.3) is 0 Å². The molecule has 0 aromatic carbocycles. The van der Waals surface area contributed by atoms with Crippen molar-refractivity contribution < 1.29 is 0 Å². The number of piperidine rings is 1. The van der Waals surface area contributed by atoms with Crippen LogP contribution in [0.3, 0.4) is 0 Å². The molecule has 2 unspecified atom stereocenters. The van der Waals surface area contributed by atoms with Crippen LogP contribution in [0, 0.1) is 11.8 Å². The molecule has 2 nitrogen and oxygen atoms in total. The van der Waals surface area contributed by atoms with Gasteiger partial charge in [0.15, 0.2) is 0 Å². The summed E-state index contributed by atoms with van der Waals surface area (Å²) in [6.45, 7) is 11.2. The highest BCUT2D eigenvalue weighted by molar-refractivity contribution is 9.09. The van der Waals surface area contributed by atoms with Crippen molar-refractivity contribution in [3.63, 3.8) is 0 Å². The molecule has 0 radical (unpaired) electrons. The van der Waals surface area contributed by atoms with Crippen LogP contribution in [0.4, 0.5) is 0 Å². The topological polar surface area (TPSA) is 6.48 Å². The maximum Gasteiger partial charge on any atom is 0.0223 e. The Morgan fingerprint density at radius 2 is 2.00 bits per heavy atom. The van der Waals surface area contributed by atoms with Crippen molar-refractivity contribution in [1.29, 1.82) is 0 Å². The van der Waals surface area contributed by atoms with Crippen molar-refractivity contribution in [3.8, 4) is 0 Å². The third-order valence-corrected chi connectivity index (χ3v) is 5.39. The summed E-state index contributed by atoms with van der Waals surface area (Å²) < 4.78 is 0. The van der Waals surface area contributed by atoms with Gasteiger partial charge in [-0.15, -0.1) is 0 Å². The highest BCUT2D eigenvalue weighted by Crippen LogP contribution is 2.23. The first-order valence-electron chi connectivity index (χ1n) is 7.23. The Labute approximate surface area is 115 Å². The van der Waals surface area contributed by atoms with E-state index in [0.717, 1.165) is 23.2 Å². The molecule has 2 rings (SSSR count). The second kappa shape index (κ2) is 6.53. The van der Waals surface area contributed by atoms with Gasteiger partial charge in [-0.05, 0) is 31.2 Å². The van der Waals surface area contributed by atoms with E-state index in [4.69, 9.17) is 0 Å². The normalized spacial score (nSPS) is 29.3. The smallest absolute Gasteiger partial charge is 0.0223 e. The Morgan fingerprint density at radius 3 is 2.71 bits per heavy atom. The van der Waals surface area contributed by atoms with E-state index in [1.807, 2.05) is 0 Å². The van der Waals surface area contributed by atoms with E-state index in [1.54, 1.807) is 0 Å². The van der Waals surface area contributed by atoms with Gasteiger partial charge in [0.2, 0.25) is 0 Å².